The molecule has 1 aromatic heterocycles. The van der Waals surface area contributed by atoms with Crippen LogP contribution in [0, 0.1) is 6.92 Å². The van der Waals surface area contributed by atoms with Crippen LogP contribution in [0.2, 0.25) is 0 Å². The number of aromatic nitrogens is 1. The second-order valence-corrected chi connectivity index (χ2v) is 9.17. The van der Waals surface area contributed by atoms with Gasteiger partial charge in [0.15, 0.2) is 11.6 Å². The summed E-state index contributed by atoms with van der Waals surface area (Å²) in [6.45, 7) is 4.41. The van der Waals surface area contributed by atoms with Crippen molar-refractivity contribution in [1.82, 2.24) is 10.3 Å². The Labute approximate surface area is 206 Å². The SMILES string of the molecule is Cc1ccc(CCN[C@H](C(=O)c2c[nH]c3cc(C(=O)CC[C@@H](C)O)ccc23)c2ccccc2)cc1. The average molecular weight is 469 g/mol. The maximum atomic E-state index is 13.7. The topological polar surface area (TPSA) is 82.2 Å². The lowest BCUT2D eigenvalue weighted by Gasteiger charge is -2.18. The fraction of sp³-hybridized carbons (Fsp3) is 0.267. The smallest absolute Gasteiger partial charge is 0.186 e. The van der Waals surface area contributed by atoms with Crippen molar-refractivity contribution in [2.45, 2.75) is 45.3 Å². The zero-order chi connectivity index (χ0) is 24.8. The number of hydrogen-bond donors (Lipinski definition) is 3. The summed E-state index contributed by atoms with van der Waals surface area (Å²) in [5, 5.41) is 13.7. The molecule has 5 heteroatoms. The second-order valence-electron chi connectivity index (χ2n) is 9.17. The van der Waals surface area contributed by atoms with Crippen molar-refractivity contribution in [3.8, 4) is 0 Å². The van der Waals surface area contributed by atoms with E-state index in [4.69, 9.17) is 0 Å². The summed E-state index contributed by atoms with van der Waals surface area (Å²) in [6.07, 6.45) is 2.76. The van der Waals surface area contributed by atoms with Crippen molar-refractivity contribution in [3.05, 3.63) is 107 Å². The normalized spacial score (nSPS) is 13.0. The number of ketones is 2. The van der Waals surface area contributed by atoms with Gasteiger partial charge in [-0.1, -0.05) is 72.3 Å². The second kappa shape index (κ2) is 11.3. The summed E-state index contributed by atoms with van der Waals surface area (Å²) in [6, 6.07) is 23.1. The summed E-state index contributed by atoms with van der Waals surface area (Å²) in [4.78, 5) is 29.4. The van der Waals surface area contributed by atoms with Gasteiger partial charge in [0.2, 0.25) is 0 Å². The Hall–Kier alpha value is -3.54. The van der Waals surface area contributed by atoms with E-state index < -0.39 is 12.1 Å². The van der Waals surface area contributed by atoms with E-state index in [2.05, 4.69) is 41.5 Å². The standard InChI is InChI=1S/C30H32N2O3/c1-20-8-11-22(12-9-20)16-17-31-29(23-6-4-3-5-7-23)30(35)26-19-32-27-18-24(13-14-25(26)27)28(34)15-10-21(2)33/h3-9,11-14,18-19,21,29,31-33H,10,15-17H2,1-2H3/t21-,29+/m1/s1. The Balaban J connectivity index is 1.54. The lowest BCUT2D eigenvalue weighted by Crippen LogP contribution is -2.30. The molecule has 180 valence electrons. The fourth-order valence-corrected chi connectivity index (χ4v) is 4.27. The number of rotatable bonds is 11. The van der Waals surface area contributed by atoms with Crippen LogP contribution in [0.4, 0.5) is 0 Å². The van der Waals surface area contributed by atoms with Gasteiger partial charge in [0, 0.05) is 41.2 Å². The quantitative estimate of drug-likeness (QED) is 0.251. The van der Waals surface area contributed by atoms with Gasteiger partial charge in [0.05, 0.1) is 12.1 Å². The van der Waals surface area contributed by atoms with Crippen molar-refractivity contribution in [1.29, 1.82) is 0 Å². The van der Waals surface area contributed by atoms with Crippen LogP contribution in [0.1, 0.15) is 63.2 Å². The molecule has 0 saturated carbocycles. The zero-order valence-electron chi connectivity index (χ0n) is 20.3. The van der Waals surface area contributed by atoms with Crippen LogP contribution in [0.5, 0.6) is 0 Å². The highest BCUT2D eigenvalue weighted by Gasteiger charge is 2.24. The van der Waals surface area contributed by atoms with Gasteiger partial charge in [0.1, 0.15) is 0 Å². The van der Waals surface area contributed by atoms with Gasteiger partial charge in [-0.05, 0) is 43.9 Å². The highest BCUT2D eigenvalue weighted by Crippen LogP contribution is 2.26. The number of benzene rings is 3. The highest BCUT2D eigenvalue weighted by molar-refractivity contribution is 6.11. The number of Topliss-reactive ketones (excluding diaryl/α,β-unsaturated/α-hetero) is 2. The largest absolute Gasteiger partial charge is 0.393 e. The van der Waals surface area contributed by atoms with Crippen molar-refractivity contribution in [3.63, 3.8) is 0 Å². The summed E-state index contributed by atoms with van der Waals surface area (Å²) in [7, 11) is 0. The number of aryl methyl sites for hydroxylation is 1. The molecule has 0 aliphatic carbocycles. The maximum absolute atomic E-state index is 13.7. The van der Waals surface area contributed by atoms with Crippen molar-refractivity contribution in [2.75, 3.05) is 6.54 Å². The molecular formula is C30H32N2O3. The average Bonchev–Trinajstić information content (AvgIpc) is 3.30. The van der Waals surface area contributed by atoms with Gasteiger partial charge in [-0.25, -0.2) is 0 Å². The van der Waals surface area contributed by atoms with Gasteiger partial charge in [-0.15, -0.1) is 0 Å². The first kappa shape index (κ1) is 24.6. The number of aliphatic hydroxyl groups is 1. The van der Waals surface area contributed by atoms with E-state index in [1.165, 1.54) is 11.1 Å². The predicted molar refractivity (Wildman–Crippen MR) is 140 cm³/mol. The van der Waals surface area contributed by atoms with Crippen LogP contribution in [-0.2, 0) is 6.42 Å². The molecular weight excluding hydrogens is 436 g/mol. The van der Waals surface area contributed by atoms with Gasteiger partial charge in [0.25, 0.3) is 0 Å². The summed E-state index contributed by atoms with van der Waals surface area (Å²) in [5.74, 6) is -0.0326. The lowest BCUT2D eigenvalue weighted by atomic mass is 9.96. The minimum atomic E-state index is -0.508. The van der Waals surface area contributed by atoms with Crippen LogP contribution in [-0.4, -0.2) is 34.3 Å². The number of fused-ring (bicyclic) bond motifs is 1. The van der Waals surface area contributed by atoms with E-state index >= 15 is 0 Å². The molecule has 0 unspecified atom stereocenters. The Bertz CT molecular complexity index is 1290. The third kappa shape index (κ3) is 6.13. The van der Waals surface area contributed by atoms with E-state index in [1.807, 2.05) is 36.4 Å². The molecule has 3 N–H and O–H groups in total. The molecule has 0 bridgehead atoms. The molecule has 0 aliphatic rings. The van der Waals surface area contributed by atoms with Crippen LogP contribution in [0.25, 0.3) is 10.9 Å². The predicted octanol–water partition coefficient (Wildman–Crippen LogP) is 5.58. The van der Waals surface area contributed by atoms with Gasteiger partial charge in [-0.3, -0.25) is 9.59 Å². The van der Waals surface area contributed by atoms with E-state index in [1.54, 1.807) is 25.3 Å². The number of carbonyl (C=O) groups excluding carboxylic acids is 2. The molecule has 0 fully saturated rings. The summed E-state index contributed by atoms with van der Waals surface area (Å²) >= 11 is 0. The molecule has 1 heterocycles. The molecule has 0 saturated heterocycles. The molecule has 3 aromatic carbocycles. The van der Waals surface area contributed by atoms with Crippen molar-refractivity contribution in [2.24, 2.45) is 0 Å². The van der Waals surface area contributed by atoms with Gasteiger partial charge in [-0.2, -0.15) is 0 Å². The molecule has 0 spiro atoms. The van der Waals surface area contributed by atoms with Gasteiger partial charge >= 0.3 is 0 Å². The number of H-pyrrole nitrogens is 1. The molecule has 0 radical (unpaired) electrons. The van der Waals surface area contributed by atoms with Crippen molar-refractivity contribution >= 4 is 22.5 Å². The minimum absolute atomic E-state index is 0.0143. The first-order valence-corrected chi connectivity index (χ1v) is 12.1. The monoisotopic (exact) mass is 468 g/mol. The van der Waals surface area contributed by atoms with E-state index in [0.717, 1.165) is 22.9 Å². The third-order valence-corrected chi connectivity index (χ3v) is 6.34. The number of nitrogens with one attached hydrogen (secondary N) is 2. The van der Waals surface area contributed by atoms with Crippen LogP contribution < -0.4 is 5.32 Å². The van der Waals surface area contributed by atoms with Crippen LogP contribution in [0.15, 0.2) is 79.0 Å². The molecule has 35 heavy (non-hydrogen) atoms. The summed E-state index contributed by atoms with van der Waals surface area (Å²) in [5.41, 5.74) is 5.30. The van der Waals surface area contributed by atoms with E-state index in [0.29, 0.717) is 24.1 Å². The maximum Gasteiger partial charge on any atom is 0.186 e. The van der Waals surface area contributed by atoms with E-state index in [-0.39, 0.29) is 18.0 Å². The Morgan fingerprint density at radius 1 is 1.00 bits per heavy atom. The third-order valence-electron chi connectivity index (χ3n) is 6.34. The zero-order valence-corrected chi connectivity index (χ0v) is 20.3. The Morgan fingerprint density at radius 3 is 2.46 bits per heavy atom. The number of aliphatic hydroxyl groups excluding tert-OH is 1. The first-order chi connectivity index (χ1) is 16.9. The van der Waals surface area contributed by atoms with E-state index in [9.17, 15) is 14.7 Å². The lowest BCUT2D eigenvalue weighted by molar-refractivity contribution is 0.0940. The highest BCUT2D eigenvalue weighted by atomic mass is 16.3. The first-order valence-electron chi connectivity index (χ1n) is 12.1. The fourth-order valence-electron chi connectivity index (χ4n) is 4.27. The molecule has 4 rings (SSSR count). The Morgan fingerprint density at radius 2 is 1.74 bits per heavy atom. The summed E-state index contributed by atoms with van der Waals surface area (Å²) < 4.78 is 0. The molecule has 0 amide bonds. The number of aromatic amines is 1. The van der Waals surface area contributed by atoms with Crippen LogP contribution in [0.3, 0.4) is 0 Å². The molecule has 5 nitrogen and oxygen atoms in total. The molecule has 2 atom stereocenters. The minimum Gasteiger partial charge on any atom is -0.393 e. The van der Waals surface area contributed by atoms with Crippen LogP contribution >= 0.6 is 0 Å². The van der Waals surface area contributed by atoms with Crippen molar-refractivity contribution < 1.29 is 14.7 Å². The van der Waals surface area contributed by atoms with Gasteiger partial charge < -0.3 is 15.4 Å². The number of hydrogen-bond acceptors (Lipinski definition) is 4. The molecule has 0 aliphatic heterocycles. The molecule has 4 aromatic rings. The number of carbonyl (C=O) groups is 2. The Kier molecular flexibility index (Phi) is 7.91.